The fraction of sp³-hybridized carbons (Fsp3) is 0.450. The number of unbranched alkanes of at least 4 members (excludes halogenated alkanes) is 5. The highest BCUT2D eigenvalue weighted by Gasteiger charge is 2.14. The summed E-state index contributed by atoms with van der Waals surface area (Å²) in [5.41, 5.74) is 11.2. The zero-order chi connectivity index (χ0) is 16.8. The van der Waals surface area contributed by atoms with E-state index in [2.05, 4.69) is 29.7 Å². The van der Waals surface area contributed by atoms with E-state index in [4.69, 9.17) is 15.1 Å². The molecule has 25 heavy (non-hydrogen) atoms. The Morgan fingerprint density at radius 2 is 1.80 bits per heavy atom. The molecule has 0 aromatic carbocycles. The first-order chi connectivity index (χ1) is 11.8. The summed E-state index contributed by atoms with van der Waals surface area (Å²) in [6.45, 7) is 2.94. The molecule has 0 amide bonds. The maximum absolute atomic E-state index is 5.54. The first kappa shape index (κ1) is 19.5. The minimum Gasteiger partial charge on any atom is -0.472 e. The van der Waals surface area contributed by atoms with Crippen molar-refractivity contribution in [1.29, 1.82) is 0 Å². The molecule has 0 aliphatic heterocycles. The van der Waals surface area contributed by atoms with Crippen LogP contribution in [0.25, 0.3) is 16.9 Å². The van der Waals surface area contributed by atoms with Gasteiger partial charge in [0.15, 0.2) is 0 Å². The Morgan fingerprint density at radius 1 is 1.04 bits per heavy atom. The second kappa shape index (κ2) is 9.64. The molecule has 0 atom stereocenters. The van der Waals surface area contributed by atoms with E-state index < -0.39 is 0 Å². The van der Waals surface area contributed by atoms with Gasteiger partial charge in [-0.3, -0.25) is 0 Å². The van der Waals surface area contributed by atoms with Crippen LogP contribution in [0.2, 0.25) is 0 Å². The summed E-state index contributed by atoms with van der Waals surface area (Å²) in [4.78, 5) is 4.82. The van der Waals surface area contributed by atoms with Crippen molar-refractivity contribution in [3.63, 3.8) is 0 Å². The van der Waals surface area contributed by atoms with E-state index >= 15 is 0 Å². The van der Waals surface area contributed by atoms with Crippen LogP contribution in [0.1, 0.15) is 49.8 Å². The molecular formula is C20H28ClN3O. The van der Waals surface area contributed by atoms with Crippen molar-refractivity contribution in [3.05, 3.63) is 48.2 Å². The number of aromatic nitrogens is 2. The normalized spacial score (nSPS) is 11.0. The summed E-state index contributed by atoms with van der Waals surface area (Å²) in [6, 6.07) is 6.20. The van der Waals surface area contributed by atoms with Crippen LogP contribution in [0.5, 0.6) is 0 Å². The molecule has 2 N–H and O–H groups in total. The number of fused-ring (bicyclic) bond motifs is 1. The number of imidazole rings is 1. The number of hydrogen-bond acceptors (Lipinski definition) is 3. The summed E-state index contributed by atoms with van der Waals surface area (Å²) in [5, 5.41) is 0. The average molecular weight is 362 g/mol. The van der Waals surface area contributed by atoms with Gasteiger partial charge in [0.2, 0.25) is 0 Å². The van der Waals surface area contributed by atoms with Gasteiger partial charge in [0, 0.05) is 11.8 Å². The van der Waals surface area contributed by atoms with E-state index in [9.17, 15) is 0 Å². The van der Waals surface area contributed by atoms with E-state index in [1.54, 1.807) is 12.5 Å². The predicted molar refractivity (Wildman–Crippen MR) is 105 cm³/mol. The zero-order valence-corrected chi connectivity index (χ0v) is 15.7. The number of furan rings is 1. The summed E-state index contributed by atoms with van der Waals surface area (Å²) in [7, 11) is 0. The van der Waals surface area contributed by atoms with Crippen LogP contribution < -0.4 is 5.73 Å². The van der Waals surface area contributed by atoms with Gasteiger partial charge >= 0.3 is 0 Å². The molecule has 3 rings (SSSR count). The Morgan fingerprint density at radius 3 is 2.52 bits per heavy atom. The summed E-state index contributed by atoms with van der Waals surface area (Å²) in [5.74, 6) is 0. The number of hydrogen-bond donors (Lipinski definition) is 1. The molecule has 0 bridgehead atoms. The van der Waals surface area contributed by atoms with E-state index in [1.165, 1.54) is 43.4 Å². The molecule has 0 radical (unpaired) electrons. The fourth-order valence-electron chi connectivity index (χ4n) is 3.21. The largest absolute Gasteiger partial charge is 0.472 e. The number of nitrogens with two attached hydrogens (primary N) is 1. The van der Waals surface area contributed by atoms with Gasteiger partial charge < -0.3 is 14.6 Å². The van der Waals surface area contributed by atoms with Gasteiger partial charge in [-0.25, -0.2) is 4.98 Å². The third-order valence-corrected chi connectivity index (χ3v) is 4.53. The summed E-state index contributed by atoms with van der Waals surface area (Å²) < 4.78 is 7.51. The van der Waals surface area contributed by atoms with Gasteiger partial charge in [0.1, 0.15) is 5.65 Å². The topological polar surface area (TPSA) is 56.5 Å². The molecular weight excluding hydrogens is 334 g/mol. The molecule has 0 spiro atoms. The Kier molecular flexibility index (Phi) is 7.53. The highest BCUT2D eigenvalue weighted by Crippen LogP contribution is 2.27. The lowest BCUT2D eigenvalue weighted by molar-refractivity contribution is 0.568. The first-order valence-electron chi connectivity index (χ1n) is 9.00. The third kappa shape index (κ3) is 4.86. The maximum Gasteiger partial charge on any atom is 0.137 e. The van der Waals surface area contributed by atoms with E-state index in [-0.39, 0.29) is 12.4 Å². The van der Waals surface area contributed by atoms with Crippen molar-refractivity contribution >= 4 is 18.1 Å². The quantitative estimate of drug-likeness (QED) is 0.535. The molecule has 136 valence electrons. The molecule has 0 fully saturated rings. The summed E-state index contributed by atoms with van der Waals surface area (Å²) >= 11 is 0. The van der Waals surface area contributed by atoms with Gasteiger partial charge in [0.25, 0.3) is 0 Å². The van der Waals surface area contributed by atoms with Gasteiger partial charge in [-0.05, 0) is 50.4 Å². The number of pyridine rings is 1. The molecule has 3 heterocycles. The van der Waals surface area contributed by atoms with Crippen molar-refractivity contribution in [1.82, 2.24) is 9.38 Å². The van der Waals surface area contributed by atoms with Crippen LogP contribution in [-0.4, -0.2) is 15.9 Å². The predicted octanol–water partition coefficient (Wildman–Crippen LogP) is 5.17. The van der Waals surface area contributed by atoms with Crippen molar-refractivity contribution < 1.29 is 4.42 Å². The smallest absolute Gasteiger partial charge is 0.137 e. The van der Waals surface area contributed by atoms with Crippen LogP contribution in [0.3, 0.4) is 0 Å². The van der Waals surface area contributed by atoms with E-state index in [1.807, 2.05) is 6.07 Å². The highest BCUT2D eigenvalue weighted by atomic mass is 35.5. The Labute approximate surface area is 155 Å². The number of nitrogens with zero attached hydrogens (tertiary/aromatic N) is 2. The zero-order valence-electron chi connectivity index (χ0n) is 14.9. The molecule has 0 unspecified atom stereocenters. The van der Waals surface area contributed by atoms with Crippen molar-refractivity contribution in [2.24, 2.45) is 5.73 Å². The Balaban J connectivity index is 0.00000225. The second-order valence-electron chi connectivity index (χ2n) is 6.51. The lowest BCUT2D eigenvalue weighted by Crippen LogP contribution is -1.98. The lowest BCUT2D eigenvalue weighted by Gasteiger charge is -2.05. The van der Waals surface area contributed by atoms with Gasteiger partial charge in [-0.1, -0.05) is 31.7 Å². The monoisotopic (exact) mass is 361 g/mol. The third-order valence-electron chi connectivity index (χ3n) is 4.53. The van der Waals surface area contributed by atoms with Crippen LogP contribution >= 0.6 is 12.4 Å². The fourth-order valence-corrected chi connectivity index (χ4v) is 3.21. The minimum absolute atomic E-state index is 0. The molecule has 0 saturated carbocycles. The van der Waals surface area contributed by atoms with Gasteiger partial charge in [-0.15, -0.1) is 12.4 Å². The van der Waals surface area contributed by atoms with Gasteiger partial charge in [0.05, 0.1) is 23.9 Å². The number of aryl methyl sites for hydroxylation is 2. The van der Waals surface area contributed by atoms with Crippen molar-refractivity contribution in [2.45, 2.75) is 51.9 Å². The SMILES string of the molecule is Cc1ccc2nc(-c3ccoc3)c(CCCCCCCCN)n2c1.Cl. The Bertz CT molecular complexity index is 765. The van der Waals surface area contributed by atoms with Crippen LogP contribution in [0, 0.1) is 6.92 Å². The second-order valence-corrected chi connectivity index (χ2v) is 6.51. The summed E-state index contributed by atoms with van der Waals surface area (Å²) in [6.07, 6.45) is 14.2. The standard InChI is InChI=1S/C20H27N3O.ClH/c1-16-9-10-19-22-20(17-11-13-24-15-17)18(23(19)14-16)8-6-4-2-3-5-7-12-21;/h9-11,13-15H,2-8,12,21H2,1H3;1H. The molecule has 0 saturated heterocycles. The lowest BCUT2D eigenvalue weighted by atomic mass is 10.1. The average Bonchev–Trinajstić information content (AvgIpc) is 3.22. The van der Waals surface area contributed by atoms with E-state index in [0.717, 1.165) is 36.3 Å². The van der Waals surface area contributed by atoms with Gasteiger partial charge in [-0.2, -0.15) is 0 Å². The molecule has 0 aliphatic rings. The maximum atomic E-state index is 5.54. The molecule has 3 aromatic heterocycles. The molecule has 4 nitrogen and oxygen atoms in total. The van der Waals surface area contributed by atoms with Crippen molar-refractivity contribution in [3.8, 4) is 11.3 Å². The minimum atomic E-state index is 0. The first-order valence-corrected chi connectivity index (χ1v) is 9.00. The van der Waals surface area contributed by atoms with Crippen molar-refractivity contribution in [2.75, 3.05) is 6.54 Å². The van der Waals surface area contributed by atoms with E-state index in [0.29, 0.717) is 0 Å². The molecule has 3 aromatic rings. The van der Waals surface area contributed by atoms with Crippen LogP contribution in [0.4, 0.5) is 0 Å². The van der Waals surface area contributed by atoms with Crippen LogP contribution in [-0.2, 0) is 6.42 Å². The number of halogens is 1. The molecule has 5 heteroatoms. The highest BCUT2D eigenvalue weighted by molar-refractivity contribution is 5.85. The Hall–Kier alpha value is -1.78. The molecule has 0 aliphatic carbocycles. The van der Waals surface area contributed by atoms with Crippen LogP contribution in [0.15, 0.2) is 41.3 Å². The number of rotatable bonds is 9.